The highest BCUT2D eigenvalue weighted by Gasteiger charge is 2.30. The Bertz CT molecular complexity index is 674. The van der Waals surface area contributed by atoms with Crippen molar-refractivity contribution in [3.05, 3.63) is 22.7 Å². The molecule has 20 heavy (non-hydrogen) atoms. The van der Waals surface area contributed by atoms with Crippen molar-refractivity contribution in [1.29, 1.82) is 0 Å². The van der Waals surface area contributed by atoms with E-state index in [9.17, 15) is 18.0 Å². The minimum Gasteiger partial charge on any atom is -0.398 e. The normalized spacial score (nSPS) is 19.8. The average molecular weight is 362 g/mol. The van der Waals surface area contributed by atoms with E-state index in [2.05, 4.69) is 26.0 Å². The number of piperidine rings is 1. The zero-order chi connectivity index (χ0) is 14.9. The van der Waals surface area contributed by atoms with Crippen LogP contribution in [-0.4, -0.2) is 26.3 Å². The summed E-state index contributed by atoms with van der Waals surface area (Å²) in [6, 6.07) is 3.21. The Morgan fingerprint density at radius 1 is 1.35 bits per heavy atom. The van der Waals surface area contributed by atoms with Crippen LogP contribution in [0.1, 0.15) is 12.8 Å². The van der Waals surface area contributed by atoms with Crippen LogP contribution in [0.3, 0.4) is 0 Å². The molecule has 4 N–H and O–H groups in total. The van der Waals surface area contributed by atoms with Crippen molar-refractivity contribution in [2.45, 2.75) is 23.8 Å². The van der Waals surface area contributed by atoms with Crippen LogP contribution in [0.5, 0.6) is 0 Å². The Balaban J connectivity index is 2.21. The number of benzene rings is 1. The minimum absolute atomic E-state index is 0.0390. The first kappa shape index (κ1) is 14.9. The van der Waals surface area contributed by atoms with Crippen molar-refractivity contribution < 1.29 is 18.0 Å². The predicted molar refractivity (Wildman–Crippen MR) is 75.0 cm³/mol. The van der Waals surface area contributed by atoms with Gasteiger partial charge in [0.1, 0.15) is 6.04 Å². The number of sulfonamides is 1. The number of nitrogens with one attached hydrogen (secondary N) is 2. The quantitative estimate of drug-likeness (QED) is 0.521. The molecule has 0 aliphatic carbocycles. The van der Waals surface area contributed by atoms with Crippen molar-refractivity contribution in [3.63, 3.8) is 0 Å². The fourth-order valence-electron chi connectivity index (χ4n) is 1.75. The maximum Gasteiger partial charge on any atom is 0.244 e. The number of anilines is 1. The lowest BCUT2D eigenvalue weighted by molar-refractivity contribution is -0.134. The number of hydrogen-bond donors (Lipinski definition) is 3. The standard InChI is InChI=1S/C11H12BrN3O4S/c12-7-2-1-6(5-8(7)13)20(18,19)15-9-3-4-10(16)14-11(9)17/h1-2,5,9,15H,3-4,13H2,(H,14,16,17). The van der Waals surface area contributed by atoms with Crippen molar-refractivity contribution >= 4 is 43.5 Å². The van der Waals surface area contributed by atoms with Crippen molar-refractivity contribution in [2.75, 3.05) is 5.73 Å². The number of carbonyl (C=O) groups excluding carboxylic acids is 2. The van der Waals surface area contributed by atoms with Gasteiger partial charge < -0.3 is 5.73 Å². The van der Waals surface area contributed by atoms with Crippen molar-refractivity contribution in [3.8, 4) is 0 Å². The summed E-state index contributed by atoms with van der Waals surface area (Å²) in [6.07, 6.45) is 0.233. The second kappa shape index (κ2) is 5.51. The van der Waals surface area contributed by atoms with Gasteiger partial charge >= 0.3 is 0 Å². The molecule has 0 bridgehead atoms. The summed E-state index contributed by atoms with van der Waals surface area (Å²) in [5.41, 5.74) is 5.91. The Morgan fingerprint density at radius 2 is 2.05 bits per heavy atom. The predicted octanol–water partition coefficient (Wildman–Crippen LogP) is 0.115. The van der Waals surface area contributed by atoms with Gasteiger partial charge in [0.15, 0.2) is 0 Å². The van der Waals surface area contributed by atoms with Crippen LogP contribution in [0.15, 0.2) is 27.6 Å². The van der Waals surface area contributed by atoms with Crippen LogP contribution >= 0.6 is 15.9 Å². The molecule has 9 heteroatoms. The smallest absolute Gasteiger partial charge is 0.244 e. The first-order valence-electron chi connectivity index (χ1n) is 5.70. The van der Waals surface area contributed by atoms with Gasteiger partial charge in [-0.15, -0.1) is 0 Å². The number of rotatable bonds is 3. The van der Waals surface area contributed by atoms with Crippen LogP contribution in [-0.2, 0) is 19.6 Å². The molecule has 1 aliphatic rings. The maximum absolute atomic E-state index is 12.1. The Hall–Kier alpha value is -1.45. The number of carbonyl (C=O) groups is 2. The van der Waals surface area contributed by atoms with Gasteiger partial charge in [0.05, 0.1) is 4.90 Å². The lowest BCUT2D eigenvalue weighted by Gasteiger charge is -2.21. The molecule has 2 amide bonds. The lowest BCUT2D eigenvalue weighted by atomic mass is 10.1. The zero-order valence-electron chi connectivity index (χ0n) is 10.2. The SMILES string of the molecule is Nc1cc(S(=O)(=O)NC2CCC(=O)NC2=O)ccc1Br. The topological polar surface area (TPSA) is 118 Å². The van der Waals surface area contributed by atoms with E-state index >= 15 is 0 Å². The van der Waals surface area contributed by atoms with Crippen LogP contribution in [0.25, 0.3) is 0 Å². The third kappa shape index (κ3) is 3.17. The maximum atomic E-state index is 12.1. The number of halogens is 1. The van der Waals surface area contributed by atoms with E-state index in [4.69, 9.17) is 5.73 Å². The van der Waals surface area contributed by atoms with E-state index in [-0.39, 0.29) is 23.4 Å². The summed E-state index contributed by atoms with van der Waals surface area (Å²) in [6.45, 7) is 0. The molecule has 1 fully saturated rings. The molecule has 0 radical (unpaired) electrons. The molecular formula is C11H12BrN3O4S. The van der Waals surface area contributed by atoms with E-state index in [1.54, 1.807) is 0 Å². The highest BCUT2D eigenvalue weighted by atomic mass is 79.9. The molecule has 1 aliphatic heterocycles. The van der Waals surface area contributed by atoms with Crippen LogP contribution in [0.4, 0.5) is 5.69 Å². The van der Waals surface area contributed by atoms with Gasteiger partial charge in [-0.2, -0.15) is 4.72 Å². The molecule has 1 aromatic carbocycles. The van der Waals surface area contributed by atoms with Gasteiger partial charge in [0, 0.05) is 16.6 Å². The van der Waals surface area contributed by atoms with Gasteiger partial charge in [-0.05, 0) is 40.5 Å². The fourth-order valence-corrected chi connectivity index (χ4v) is 3.26. The van der Waals surface area contributed by atoms with Gasteiger partial charge in [-0.25, -0.2) is 8.42 Å². The van der Waals surface area contributed by atoms with Gasteiger partial charge in [-0.1, -0.05) is 0 Å². The average Bonchev–Trinajstić information content (AvgIpc) is 2.36. The van der Waals surface area contributed by atoms with Crippen LogP contribution in [0, 0.1) is 0 Å². The molecule has 1 aromatic rings. The molecule has 1 saturated heterocycles. The summed E-state index contributed by atoms with van der Waals surface area (Å²) < 4.78 is 27.1. The Labute approximate surface area is 124 Å². The molecule has 0 spiro atoms. The summed E-state index contributed by atoms with van der Waals surface area (Å²) in [4.78, 5) is 22.5. The third-order valence-electron chi connectivity index (χ3n) is 2.81. The first-order valence-corrected chi connectivity index (χ1v) is 7.98. The third-order valence-corrected chi connectivity index (χ3v) is 5.01. The van der Waals surface area contributed by atoms with E-state index in [1.807, 2.05) is 0 Å². The Morgan fingerprint density at radius 3 is 2.65 bits per heavy atom. The zero-order valence-corrected chi connectivity index (χ0v) is 12.6. The number of nitrogens with two attached hydrogens (primary N) is 1. The van der Waals surface area contributed by atoms with Gasteiger partial charge in [-0.3, -0.25) is 14.9 Å². The van der Waals surface area contributed by atoms with Crippen LogP contribution in [0.2, 0.25) is 0 Å². The van der Waals surface area contributed by atoms with Gasteiger partial charge in [0.2, 0.25) is 21.8 Å². The molecule has 1 heterocycles. The number of nitrogen functional groups attached to an aromatic ring is 1. The summed E-state index contributed by atoms with van der Waals surface area (Å²) >= 11 is 3.17. The molecule has 2 rings (SSSR count). The highest BCUT2D eigenvalue weighted by Crippen LogP contribution is 2.23. The van der Waals surface area contributed by atoms with E-state index < -0.39 is 27.9 Å². The van der Waals surface area contributed by atoms with Gasteiger partial charge in [0.25, 0.3) is 0 Å². The second-order valence-corrected chi connectivity index (χ2v) is 6.88. The molecular weight excluding hydrogens is 350 g/mol. The molecule has 0 saturated carbocycles. The monoisotopic (exact) mass is 361 g/mol. The number of hydrogen-bond acceptors (Lipinski definition) is 5. The summed E-state index contributed by atoms with van der Waals surface area (Å²) in [7, 11) is -3.87. The Kier molecular flexibility index (Phi) is 4.11. The van der Waals surface area contributed by atoms with E-state index in [1.165, 1.54) is 18.2 Å². The second-order valence-electron chi connectivity index (χ2n) is 4.31. The molecule has 1 atom stereocenters. The molecule has 7 nitrogen and oxygen atoms in total. The largest absolute Gasteiger partial charge is 0.398 e. The first-order chi connectivity index (χ1) is 9.29. The summed E-state index contributed by atoms with van der Waals surface area (Å²) in [5.74, 6) is -1.05. The molecule has 1 unspecified atom stereocenters. The molecule has 108 valence electrons. The molecule has 0 aromatic heterocycles. The highest BCUT2D eigenvalue weighted by molar-refractivity contribution is 9.10. The summed E-state index contributed by atoms with van der Waals surface area (Å²) in [5, 5.41) is 2.09. The number of amides is 2. The fraction of sp³-hybridized carbons (Fsp3) is 0.273. The van der Waals surface area contributed by atoms with Crippen molar-refractivity contribution in [2.24, 2.45) is 0 Å². The minimum atomic E-state index is -3.87. The van der Waals surface area contributed by atoms with E-state index in [0.717, 1.165) is 0 Å². The van der Waals surface area contributed by atoms with E-state index in [0.29, 0.717) is 4.47 Å². The lowest BCUT2D eigenvalue weighted by Crippen LogP contribution is -2.52. The number of imide groups is 1. The van der Waals surface area contributed by atoms with Crippen molar-refractivity contribution in [1.82, 2.24) is 10.0 Å². The van der Waals surface area contributed by atoms with Crippen LogP contribution < -0.4 is 15.8 Å².